The largest absolute Gasteiger partial charge is 0.340 e. The van der Waals surface area contributed by atoms with Gasteiger partial charge in [0.2, 0.25) is 15.9 Å². The SMILES string of the molecule is CCN1CCN(C(=O)CCN(c2cccc(Cl)c2)S(C)(=O)=O)CC1. The molecule has 24 heavy (non-hydrogen) atoms. The highest BCUT2D eigenvalue weighted by atomic mass is 35.5. The van der Waals surface area contributed by atoms with Gasteiger partial charge in [-0.2, -0.15) is 0 Å². The topological polar surface area (TPSA) is 60.9 Å². The summed E-state index contributed by atoms with van der Waals surface area (Å²) in [5.74, 6) is -0.0126. The second-order valence-corrected chi connectivity index (χ2v) is 8.22. The lowest BCUT2D eigenvalue weighted by atomic mass is 10.2. The number of carbonyl (C=O) groups is 1. The molecule has 6 nitrogen and oxygen atoms in total. The first-order chi connectivity index (χ1) is 11.3. The van der Waals surface area contributed by atoms with E-state index in [0.717, 1.165) is 25.9 Å². The molecule has 1 aromatic carbocycles. The number of benzene rings is 1. The van der Waals surface area contributed by atoms with Gasteiger partial charge < -0.3 is 9.80 Å². The maximum absolute atomic E-state index is 12.4. The maximum Gasteiger partial charge on any atom is 0.232 e. The number of likely N-dealkylation sites (N-methyl/N-ethyl adjacent to an activating group) is 1. The number of halogens is 1. The Labute approximate surface area is 149 Å². The Morgan fingerprint density at radius 3 is 2.46 bits per heavy atom. The average molecular weight is 374 g/mol. The number of hydrogen-bond donors (Lipinski definition) is 0. The molecule has 1 aliphatic heterocycles. The third kappa shape index (κ3) is 5.09. The van der Waals surface area contributed by atoms with Crippen molar-refractivity contribution in [2.75, 3.05) is 49.8 Å². The van der Waals surface area contributed by atoms with Crippen LogP contribution in [0.2, 0.25) is 5.02 Å². The molecule has 0 atom stereocenters. The van der Waals surface area contributed by atoms with Crippen LogP contribution in [0.15, 0.2) is 24.3 Å². The molecule has 0 bridgehead atoms. The molecule has 0 radical (unpaired) electrons. The predicted octanol–water partition coefficient (Wildman–Crippen LogP) is 1.66. The Morgan fingerprint density at radius 2 is 1.92 bits per heavy atom. The van der Waals surface area contributed by atoms with E-state index in [0.29, 0.717) is 23.8 Å². The highest BCUT2D eigenvalue weighted by molar-refractivity contribution is 7.92. The van der Waals surface area contributed by atoms with Crippen LogP contribution in [0.25, 0.3) is 0 Å². The Hall–Kier alpha value is -1.31. The molecule has 1 fully saturated rings. The molecule has 0 N–H and O–H groups in total. The Bertz CT molecular complexity index is 673. The van der Waals surface area contributed by atoms with Crippen molar-refractivity contribution >= 4 is 33.2 Å². The minimum atomic E-state index is -3.48. The van der Waals surface area contributed by atoms with Gasteiger partial charge >= 0.3 is 0 Å². The summed E-state index contributed by atoms with van der Waals surface area (Å²) in [5, 5.41) is 0.461. The standard InChI is InChI=1S/C16H24ClN3O3S/c1-3-18-9-11-19(12-10-18)16(21)7-8-20(24(2,22)23)15-6-4-5-14(17)13-15/h4-6,13H,3,7-12H2,1-2H3. The number of piperazine rings is 1. The number of amides is 1. The first kappa shape index (κ1) is 19.0. The highest BCUT2D eigenvalue weighted by Gasteiger charge is 2.23. The van der Waals surface area contributed by atoms with E-state index in [2.05, 4.69) is 11.8 Å². The lowest BCUT2D eigenvalue weighted by molar-refractivity contribution is -0.132. The number of rotatable bonds is 6. The minimum Gasteiger partial charge on any atom is -0.340 e. The van der Waals surface area contributed by atoms with Crippen molar-refractivity contribution in [1.82, 2.24) is 9.80 Å². The van der Waals surface area contributed by atoms with Gasteiger partial charge in [0.05, 0.1) is 11.9 Å². The van der Waals surface area contributed by atoms with Gasteiger partial charge in [-0.3, -0.25) is 9.10 Å². The molecule has 1 amide bonds. The van der Waals surface area contributed by atoms with E-state index in [9.17, 15) is 13.2 Å². The molecule has 0 saturated carbocycles. The molecule has 0 aliphatic carbocycles. The van der Waals surface area contributed by atoms with Crippen LogP contribution in [-0.4, -0.2) is 69.6 Å². The number of nitrogens with zero attached hydrogens (tertiary/aromatic N) is 3. The fourth-order valence-electron chi connectivity index (χ4n) is 2.79. The van der Waals surface area contributed by atoms with E-state index in [1.165, 1.54) is 4.31 Å². The van der Waals surface area contributed by atoms with Crippen LogP contribution in [0.5, 0.6) is 0 Å². The Morgan fingerprint density at radius 1 is 1.25 bits per heavy atom. The molecule has 1 aromatic rings. The van der Waals surface area contributed by atoms with E-state index in [4.69, 9.17) is 11.6 Å². The second kappa shape index (κ2) is 8.18. The predicted molar refractivity (Wildman–Crippen MR) is 97.0 cm³/mol. The molecule has 0 aromatic heterocycles. The maximum atomic E-state index is 12.4. The number of anilines is 1. The Balaban J connectivity index is 2.00. The zero-order valence-corrected chi connectivity index (χ0v) is 15.7. The summed E-state index contributed by atoms with van der Waals surface area (Å²) in [7, 11) is -3.48. The molecule has 134 valence electrons. The van der Waals surface area contributed by atoms with Gasteiger partial charge in [0.15, 0.2) is 0 Å². The normalized spacial score (nSPS) is 16.2. The van der Waals surface area contributed by atoms with E-state index >= 15 is 0 Å². The van der Waals surface area contributed by atoms with Gasteiger partial charge in [0, 0.05) is 44.2 Å². The molecular weight excluding hydrogens is 350 g/mol. The highest BCUT2D eigenvalue weighted by Crippen LogP contribution is 2.22. The van der Waals surface area contributed by atoms with Crippen LogP contribution in [0.4, 0.5) is 5.69 Å². The molecule has 1 aliphatic rings. The number of sulfonamides is 1. The monoisotopic (exact) mass is 373 g/mol. The zero-order valence-electron chi connectivity index (χ0n) is 14.1. The molecule has 0 unspecified atom stereocenters. The van der Waals surface area contributed by atoms with Crippen LogP contribution in [0.1, 0.15) is 13.3 Å². The minimum absolute atomic E-state index is 0.0126. The van der Waals surface area contributed by atoms with Crippen LogP contribution in [-0.2, 0) is 14.8 Å². The summed E-state index contributed by atoms with van der Waals surface area (Å²) >= 11 is 5.95. The molecule has 2 rings (SSSR count). The number of hydrogen-bond acceptors (Lipinski definition) is 4. The summed E-state index contributed by atoms with van der Waals surface area (Å²) in [5.41, 5.74) is 0.480. The quantitative estimate of drug-likeness (QED) is 0.760. The lowest BCUT2D eigenvalue weighted by Gasteiger charge is -2.34. The first-order valence-electron chi connectivity index (χ1n) is 8.04. The molecular formula is C16H24ClN3O3S. The molecule has 0 spiro atoms. The van der Waals surface area contributed by atoms with Crippen molar-refractivity contribution in [2.45, 2.75) is 13.3 Å². The number of carbonyl (C=O) groups excluding carboxylic acids is 1. The van der Waals surface area contributed by atoms with Gasteiger partial charge in [-0.25, -0.2) is 8.42 Å². The molecule has 8 heteroatoms. The summed E-state index contributed by atoms with van der Waals surface area (Å²) in [6.45, 7) is 6.33. The van der Waals surface area contributed by atoms with Crippen molar-refractivity contribution in [2.24, 2.45) is 0 Å². The summed E-state index contributed by atoms with van der Waals surface area (Å²) in [4.78, 5) is 16.5. The lowest BCUT2D eigenvalue weighted by Crippen LogP contribution is -2.49. The van der Waals surface area contributed by atoms with Crippen molar-refractivity contribution in [1.29, 1.82) is 0 Å². The molecule has 1 heterocycles. The fraction of sp³-hybridized carbons (Fsp3) is 0.562. The third-order valence-corrected chi connectivity index (χ3v) is 5.63. The summed E-state index contributed by atoms with van der Waals surface area (Å²) < 4.78 is 25.4. The Kier molecular flexibility index (Phi) is 6.48. The zero-order chi connectivity index (χ0) is 17.7. The van der Waals surface area contributed by atoms with Gasteiger partial charge in [0.1, 0.15) is 0 Å². The van der Waals surface area contributed by atoms with Crippen LogP contribution in [0, 0.1) is 0 Å². The van der Waals surface area contributed by atoms with Gasteiger partial charge in [0.25, 0.3) is 0 Å². The smallest absolute Gasteiger partial charge is 0.232 e. The average Bonchev–Trinajstić information content (AvgIpc) is 2.54. The van der Waals surface area contributed by atoms with Crippen LogP contribution >= 0.6 is 11.6 Å². The van der Waals surface area contributed by atoms with Crippen LogP contribution < -0.4 is 4.31 Å². The van der Waals surface area contributed by atoms with Gasteiger partial charge in [-0.1, -0.05) is 24.6 Å². The van der Waals surface area contributed by atoms with Crippen molar-refractivity contribution < 1.29 is 13.2 Å². The summed E-state index contributed by atoms with van der Waals surface area (Å²) in [6.07, 6.45) is 1.30. The van der Waals surface area contributed by atoms with Gasteiger partial charge in [-0.05, 0) is 24.7 Å². The van der Waals surface area contributed by atoms with E-state index < -0.39 is 10.0 Å². The van der Waals surface area contributed by atoms with Crippen molar-refractivity contribution in [3.05, 3.63) is 29.3 Å². The van der Waals surface area contributed by atoms with Crippen LogP contribution in [0.3, 0.4) is 0 Å². The van der Waals surface area contributed by atoms with Crippen molar-refractivity contribution in [3.63, 3.8) is 0 Å². The van der Waals surface area contributed by atoms with E-state index in [1.54, 1.807) is 24.3 Å². The van der Waals surface area contributed by atoms with E-state index in [-0.39, 0.29) is 18.9 Å². The van der Waals surface area contributed by atoms with Crippen molar-refractivity contribution in [3.8, 4) is 0 Å². The van der Waals surface area contributed by atoms with Gasteiger partial charge in [-0.15, -0.1) is 0 Å². The summed E-state index contributed by atoms with van der Waals surface area (Å²) in [6, 6.07) is 6.65. The third-order valence-electron chi connectivity index (χ3n) is 4.20. The second-order valence-electron chi connectivity index (χ2n) is 5.88. The van der Waals surface area contributed by atoms with E-state index in [1.807, 2.05) is 4.90 Å². The first-order valence-corrected chi connectivity index (χ1v) is 10.3. The molecule has 1 saturated heterocycles. The fourth-order valence-corrected chi connectivity index (χ4v) is 3.89.